The number of nitrogens with zero attached hydrogens (tertiary/aromatic N) is 2. The van der Waals surface area contributed by atoms with Gasteiger partial charge in [-0.1, -0.05) is 55.1 Å². The largest absolute Gasteiger partial charge is 0.504 e. The van der Waals surface area contributed by atoms with E-state index in [0.717, 1.165) is 17.7 Å². The molecule has 2 aromatic rings. The SMILES string of the molecule is C=CC1(NCc2ccccc2)C2/C=C(O)\C(O)=C/C[C@@H]3CN(Cc4cccc(C(F)(F)F)c4)C(=O)[C@H](C2)N31. The van der Waals surface area contributed by atoms with Gasteiger partial charge in [0.15, 0.2) is 11.5 Å². The van der Waals surface area contributed by atoms with E-state index in [9.17, 15) is 28.2 Å². The highest BCUT2D eigenvalue weighted by Crippen LogP contribution is 2.46. The second-order valence-electron chi connectivity index (χ2n) is 10.1. The molecular weight excluding hydrogens is 495 g/mol. The predicted molar refractivity (Wildman–Crippen MR) is 137 cm³/mol. The molecule has 38 heavy (non-hydrogen) atoms. The first-order valence-corrected chi connectivity index (χ1v) is 12.6. The molecule has 0 spiro atoms. The van der Waals surface area contributed by atoms with Crippen molar-refractivity contribution in [2.75, 3.05) is 6.54 Å². The molecule has 3 aliphatic heterocycles. The summed E-state index contributed by atoms with van der Waals surface area (Å²) < 4.78 is 39.8. The smallest absolute Gasteiger partial charge is 0.416 e. The molecule has 200 valence electrons. The molecule has 2 saturated heterocycles. The number of aliphatic hydroxyl groups excluding tert-OH is 2. The van der Waals surface area contributed by atoms with Gasteiger partial charge in [0.25, 0.3) is 0 Å². The van der Waals surface area contributed by atoms with Crippen molar-refractivity contribution in [2.45, 2.75) is 49.9 Å². The summed E-state index contributed by atoms with van der Waals surface area (Å²) in [5, 5.41) is 24.6. The average Bonchev–Trinajstić information content (AvgIpc) is 3.23. The number of carbonyl (C=O) groups excluding carboxylic acids is 1. The molecule has 6 nitrogen and oxygen atoms in total. The summed E-state index contributed by atoms with van der Waals surface area (Å²) >= 11 is 0. The fourth-order valence-corrected chi connectivity index (χ4v) is 6.01. The molecular formula is C29H30F3N3O3. The fraction of sp³-hybridized carbons (Fsp3) is 0.345. The lowest BCUT2D eigenvalue weighted by Crippen LogP contribution is -2.68. The lowest BCUT2D eigenvalue weighted by atomic mass is 9.90. The molecule has 0 aliphatic carbocycles. The second-order valence-corrected chi connectivity index (χ2v) is 10.1. The number of halogens is 3. The Morgan fingerprint density at radius 1 is 1.08 bits per heavy atom. The molecule has 4 atom stereocenters. The number of hydrogen-bond donors (Lipinski definition) is 3. The maximum atomic E-state index is 13.8. The monoisotopic (exact) mass is 525 g/mol. The van der Waals surface area contributed by atoms with Crippen LogP contribution in [0.5, 0.6) is 0 Å². The standard InChI is InChI=1S/C29H30F3N3O3/c1-2-28(33-16-19-7-4-3-5-8-19)22-14-24-27(38)34(17-20-9-6-10-21(13-20)29(30,31)32)18-23(35(24)28)11-12-25(36)26(37)15-22/h2-10,12-13,15,22-24,33,36-37H,1,11,14,16-18H2/b25-12+,26-15+/t22?,23-,24+,28?/m1/s1. The van der Waals surface area contributed by atoms with E-state index in [1.807, 2.05) is 30.3 Å². The summed E-state index contributed by atoms with van der Waals surface area (Å²) in [5.74, 6) is -1.08. The molecule has 5 rings (SSSR count). The van der Waals surface area contributed by atoms with E-state index in [2.05, 4.69) is 16.8 Å². The lowest BCUT2D eigenvalue weighted by molar-refractivity contribution is -0.147. The normalized spacial score (nSPS) is 30.4. The van der Waals surface area contributed by atoms with Crippen LogP contribution in [-0.4, -0.2) is 50.2 Å². The molecule has 2 aromatic carbocycles. The zero-order valence-electron chi connectivity index (χ0n) is 20.7. The third kappa shape index (κ3) is 4.72. The molecule has 2 unspecified atom stereocenters. The van der Waals surface area contributed by atoms with Crippen LogP contribution in [0.3, 0.4) is 0 Å². The van der Waals surface area contributed by atoms with E-state index < -0.39 is 29.4 Å². The molecule has 0 saturated carbocycles. The molecule has 3 aliphatic rings. The van der Waals surface area contributed by atoms with Gasteiger partial charge in [-0.15, -0.1) is 0 Å². The molecule has 0 aromatic heterocycles. The topological polar surface area (TPSA) is 76.0 Å². The minimum absolute atomic E-state index is 0.0452. The summed E-state index contributed by atoms with van der Waals surface area (Å²) in [7, 11) is 0. The molecule has 1 amide bonds. The van der Waals surface area contributed by atoms with Crippen molar-refractivity contribution in [2.24, 2.45) is 5.92 Å². The third-order valence-corrected chi connectivity index (χ3v) is 7.79. The van der Waals surface area contributed by atoms with Gasteiger partial charge in [-0.25, -0.2) is 0 Å². The summed E-state index contributed by atoms with van der Waals surface area (Å²) in [4.78, 5) is 17.5. The van der Waals surface area contributed by atoms with E-state index in [-0.39, 0.29) is 36.6 Å². The van der Waals surface area contributed by atoms with Crippen LogP contribution in [0.25, 0.3) is 0 Å². The number of carbonyl (C=O) groups is 1. The van der Waals surface area contributed by atoms with E-state index >= 15 is 0 Å². The zero-order chi connectivity index (χ0) is 27.1. The zero-order valence-corrected chi connectivity index (χ0v) is 20.7. The van der Waals surface area contributed by atoms with Gasteiger partial charge in [0.2, 0.25) is 5.91 Å². The van der Waals surface area contributed by atoms with Crippen molar-refractivity contribution in [3.05, 3.63) is 108 Å². The summed E-state index contributed by atoms with van der Waals surface area (Å²) in [6.07, 6.45) is 1.05. The molecule has 2 fully saturated rings. The Morgan fingerprint density at radius 2 is 1.82 bits per heavy atom. The second kappa shape index (κ2) is 9.96. The van der Waals surface area contributed by atoms with Crippen LogP contribution in [0.4, 0.5) is 13.2 Å². The van der Waals surface area contributed by atoms with Crippen LogP contribution < -0.4 is 5.32 Å². The van der Waals surface area contributed by atoms with Crippen molar-refractivity contribution < 1.29 is 28.2 Å². The quantitative estimate of drug-likeness (QED) is 0.460. The van der Waals surface area contributed by atoms with Crippen LogP contribution >= 0.6 is 0 Å². The highest BCUT2D eigenvalue weighted by atomic mass is 19.4. The number of nitrogens with one attached hydrogen (secondary N) is 1. The predicted octanol–water partition coefficient (Wildman–Crippen LogP) is 5.07. The van der Waals surface area contributed by atoms with Crippen molar-refractivity contribution in [1.82, 2.24) is 15.1 Å². The number of piperazine rings is 1. The highest BCUT2D eigenvalue weighted by molar-refractivity contribution is 5.84. The van der Waals surface area contributed by atoms with Gasteiger partial charge >= 0.3 is 6.18 Å². The Bertz CT molecular complexity index is 1280. The summed E-state index contributed by atoms with van der Waals surface area (Å²) in [5.41, 5.74) is -0.214. The Morgan fingerprint density at radius 3 is 2.53 bits per heavy atom. The van der Waals surface area contributed by atoms with Gasteiger partial charge in [-0.2, -0.15) is 13.2 Å². The Balaban J connectivity index is 1.49. The first-order chi connectivity index (χ1) is 18.1. The van der Waals surface area contributed by atoms with Crippen molar-refractivity contribution in [1.29, 1.82) is 0 Å². The Hall–Kier alpha value is -3.56. The minimum Gasteiger partial charge on any atom is -0.504 e. The molecule has 3 N–H and O–H groups in total. The molecule has 2 bridgehead atoms. The van der Waals surface area contributed by atoms with Gasteiger partial charge in [0, 0.05) is 31.6 Å². The van der Waals surface area contributed by atoms with E-state index in [1.54, 1.807) is 23.1 Å². The summed E-state index contributed by atoms with van der Waals surface area (Å²) in [6.45, 7) is 4.87. The Labute approximate surface area is 219 Å². The highest BCUT2D eigenvalue weighted by Gasteiger charge is 2.58. The van der Waals surface area contributed by atoms with Crippen LogP contribution in [-0.2, 0) is 24.1 Å². The van der Waals surface area contributed by atoms with E-state index in [4.69, 9.17) is 0 Å². The maximum Gasteiger partial charge on any atom is 0.416 e. The molecule has 9 heteroatoms. The van der Waals surface area contributed by atoms with Gasteiger partial charge in [-0.3, -0.25) is 15.0 Å². The maximum absolute atomic E-state index is 13.8. The number of fused-ring (bicyclic) bond motifs is 1. The number of hydrogen-bond acceptors (Lipinski definition) is 5. The van der Waals surface area contributed by atoms with Gasteiger partial charge in [0.1, 0.15) is 0 Å². The van der Waals surface area contributed by atoms with Crippen LogP contribution in [0.15, 0.2) is 90.9 Å². The number of amides is 1. The number of aliphatic hydroxyl groups is 2. The average molecular weight is 526 g/mol. The van der Waals surface area contributed by atoms with E-state index in [0.29, 0.717) is 24.9 Å². The van der Waals surface area contributed by atoms with Gasteiger partial charge in [-0.05, 0) is 48.3 Å². The van der Waals surface area contributed by atoms with Crippen molar-refractivity contribution >= 4 is 5.91 Å². The first-order valence-electron chi connectivity index (χ1n) is 12.6. The third-order valence-electron chi connectivity index (χ3n) is 7.79. The van der Waals surface area contributed by atoms with Crippen LogP contribution in [0.2, 0.25) is 0 Å². The van der Waals surface area contributed by atoms with E-state index in [1.165, 1.54) is 12.1 Å². The number of benzene rings is 2. The summed E-state index contributed by atoms with van der Waals surface area (Å²) in [6, 6.07) is 14.0. The minimum atomic E-state index is -4.47. The molecule has 0 radical (unpaired) electrons. The number of alkyl halides is 3. The van der Waals surface area contributed by atoms with Crippen LogP contribution in [0.1, 0.15) is 29.5 Å². The van der Waals surface area contributed by atoms with Crippen molar-refractivity contribution in [3.63, 3.8) is 0 Å². The fourth-order valence-electron chi connectivity index (χ4n) is 6.01. The first kappa shape index (κ1) is 26.1. The Kier molecular flexibility index (Phi) is 6.83. The van der Waals surface area contributed by atoms with Crippen molar-refractivity contribution in [3.8, 4) is 0 Å². The van der Waals surface area contributed by atoms with Gasteiger partial charge in [0.05, 0.1) is 17.3 Å². The lowest BCUT2D eigenvalue weighted by Gasteiger charge is -2.50. The number of rotatable bonds is 6. The molecule has 3 heterocycles. The van der Waals surface area contributed by atoms with Gasteiger partial charge < -0.3 is 15.1 Å². The van der Waals surface area contributed by atoms with Crippen LogP contribution in [0, 0.1) is 5.92 Å².